The molecule has 7 heteroatoms. The van der Waals surface area contributed by atoms with Crippen LogP contribution in [0, 0.1) is 6.92 Å². The van der Waals surface area contributed by atoms with Crippen molar-refractivity contribution in [2.75, 3.05) is 5.32 Å². The summed E-state index contributed by atoms with van der Waals surface area (Å²) in [7, 11) is 0. The summed E-state index contributed by atoms with van der Waals surface area (Å²) in [5.74, 6) is 1.50. The average Bonchev–Trinajstić information content (AvgIpc) is 3.20. The van der Waals surface area contributed by atoms with E-state index < -0.39 is 0 Å². The average molecular weight is 305 g/mol. The Balaban J connectivity index is 1.55. The highest BCUT2D eigenvalue weighted by Crippen LogP contribution is 2.20. The van der Waals surface area contributed by atoms with Crippen LogP contribution in [0.3, 0.4) is 0 Å². The molecule has 0 aliphatic carbocycles. The number of anilines is 1. The van der Waals surface area contributed by atoms with Gasteiger partial charge in [-0.15, -0.1) is 0 Å². The van der Waals surface area contributed by atoms with Gasteiger partial charge in [-0.2, -0.15) is 5.10 Å². The molecule has 0 amide bonds. The van der Waals surface area contributed by atoms with Crippen LogP contribution in [0.25, 0.3) is 17.0 Å². The number of aromatic nitrogens is 6. The number of H-pyrrole nitrogens is 1. The molecular formula is C16H15N7. The molecule has 7 nitrogen and oxygen atoms in total. The topological polar surface area (TPSA) is 83.8 Å². The van der Waals surface area contributed by atoms with Crippen LogP contribution < -0.4 is 5.32 Å². The van der Waals surface area contributed by atoms with Crippen molar-refractivity contribution in [2.45, 2.75) is 13.5 Å². The van der Waals surface area contributed by atoms with E-state index in [1.165, 1.54) is 0 Å². The normalized spacial score (nSPS) is 11.0. The van der Waals surface area contributed by atoms with Crippen molar-refractivity contribution < 1.29 is 0 Å². The molecule has 4 rings (SSSR count). The molecule has 0 fully saturated rings. The maximum Gasteiger partial charge on any atom is 0.181 e. The number of fused-ring (bicyclic) bond motifs is 1. The first kappa shape index (κ1) is 13.4. The zero-order chi connectivity index (χ0) is 15.6. The summed E-state index contributed by atoms with van der Waals surface area (Å²) in [5.41, 5.74) is 3.89. The van der Waals surface area contributed by atoms with Crippen LogP contribution in [-0.2, 0) is 6.54 Å². The van der Waals surface area contributed by atoms with Gasteiger partial charge in [0.25, 0.3) is 0 Å². The monoisotopic (exact) mass is 305 g/mol. The van der Waals surface area contributed by atoms with E-state index in [0.717, 1.165) is 28.4 Å². The number of imidazole rings is 1. The molecule has 0 aliphatic heterocycles. The number of hydrogen-bond donors (Lipinski definition) is 2. The lowest BCUT2D eigenvalue weighted by molar-refractivity contribution is 0.991. The fourth-order valence-corrected chi connectivity index (χ4v) is 2.46. The number of aryl methyl sites for hydroxylation is 1. The number of aromatic amines is 1. The first-order valence-electron chi connectivity index (χ1n) is 7.29. The fraction of sp³-hybridized carbons (Fsp3) is 0.125. The lowest BCUT2D eigenvalue weighted by Crippen LogP contribution is -2.02. The Bertz CT molecular complexity index is 954. The van der Waals surface area contributed by atoms with Gasteiger partial charge in [-0.25, -0.2) is 9.97 Å². The first-order chi connectivity index (χ1) is 11.3. The van der Waals surface area contributed by atoms with Gasteiger partial charge in [-0.1, -0.05) is 12.1 Å². The van der Waals surface area contributed by atoms with Crippen molar-refractivity contribution in [3.63, 3.8) is 0 Å². The van der Waals surface area contributed by atoms with E-state index in [4.69, 9.17) is 0 Å². The molecule has 0 radical (unpaired) electrons. The van der Waals surface area contributed by atoms with Crippen LogP contribution in [0.15, 0.2) is 49.1 Å². The zero-order valence-electron chi connectivity index (χ0n) is 12.6. The van der Waals surface area contributed by atoms with Gasteiger partial charge in [0.15, 0.2) is 11.5 Å². The lowest BCUT2D eigenvalue weighted by atomic mass is 10.2. The van der Waals surface area contributed by atoms with E-state index in [-0.39, 0.29) is 0 Å². The van der Waals surface area contributed by atoms with Crippen molar-refractivity contribution >= 4 is 11.3 Å². The van der Waals surface area contributed by atoms with E-state index in [1.54, 1.807) is 12.4 Å². The standard InChI is InChI=1S/C16H15N7/c1-11-20-16(22-21-11)12-3-2-4-13(7-12)18-8-14-9-19-15-10-17-5-6-23(14)15/h2-7,9-10,18H,8H2,1H3,(H,20,21,22). The Hall–Kier alpha value is -3.22. The minimum atomic E-state index is 0.668. The summed E-state index contributed by atoms with van der Waals surface area (Å²) in [6, 6.07) is 8.04. The molecule has 0 bridgehead atoms. The molecule has 114 valence electrons. The maximum absolute atomic E-state index is 4.36. The molecule has 1 aromatic carbocycles. The Kier molecular flexibility index (Phi) is 3.23. The number of nitrogens with one attached hydrogen (secondary N) is 2. The summed E-state index contributed by atoms with van der Waals surface area (Å²) >= 11 is 0. The summed E-state index contributed by atoms with van der Waals surface area (Å²) < 4.78 is 2.02. The molecule has 0 aliphatic rings. The van der Waals surface area contributed by atoms with Crippen LogP contribution in [0.2, 0.25) is 0 Å². The zero-order valence-corrected chi connectivity index (χ0v) is 12.6. The van der Waals surface area contributed by atoms with Crippen LogP contribution >= 0.6 is 0 Å². The number of rotatable bonds is 4. The molecule has 0 saturated carbocycles. The van der Waals surface area contributed by atoms with Gasteiger partial charge < -0.3 is 5.32 Å². The summed E-state index contributed by atoms with van der Waals surface area (Å²) in [6.07, 6.45) is 7.26. The molecule has 0 spiro atoms. The van der Waals surface area contributed by atoms with Gasteiger partial charge in [0.05, 0.1) is 24.6 Å². The molecule has 23 heavy (non-hydrogen) atoms. The third-order valence-electron chi connectivity index (χ3n) is 3.59. The fourth-order valence-electron chi connectivity index (χ4n) is 2.46. The van der Waals surface area contributed by atoms with Crippen molar-refractivity contribution in [1.29, 1.82) is 0 Å². The highest BCUT2D eigenvalue weighted by atomic mass is 15.2. The van der Waals surface area contributed by atoms with Gasteiger partial charge in [0, 0.05) is 23.6 Å². The second-order valence-electron chi connectivity index (χ2n) is 5.23. The summed E-state index contributed by atoms with van der Waals surface area (Å²) in [5, 5.41) is 10.5. The van der Waals surface area contributed by atoms with Crippen LogP contribution in [0.4, 0.5) is 5.69 Å². The molecule has 0 atom stereocenters. The van der Waals surface area contributed by atoms with E-state index in [2.05, 4.69) is 30.5 Å². The van der Waals surface area contributed by atoms with Crippen molar-refractivity contribution in [2.24, 2.45) is 0 Å². The Labute approximate surface area is 132 Å². The number of hydrogen-bond acceptors (Lipinski definition) is 5. The quantitative estimate of drug-likeness (QED) is 0.605. The van der Waals surface area contributed by atoms with Crippen LogP contribution in [0.1, 0.15) is 11.5 Å². The third-order valence-corrected chi connectivity index (χ3v) is 3.59. The number of benzene rings is 1. The third kappa shape index (κ3) is 2.64. The highest BCUT2D eigenvalue weighted by Gasteiger charge is 2.06. The predicted octanol–water partition coefficient (Wildman–Crippen LogP) is 2.43. The second-order valence-corrected chi connectivity index (χ2v) is 5.23. The van der Waals surface area contributed by atoms with Crippen molar-refractivity contribution in [3.8, 4) is 11.4 Å². The van der Waals surface area contributed by atoms with E-state index in [9.17, 15) is 0 Å². The molecule has 2 N–H and O–H groups in total. The lowest BCUT2D eigenvalue weighted by Gasteiger charge is -2.07. The van der Waals surface area contributed by atoms with E-state index >= 15 is 0 Å². The predicted molar refractivity (Wildman–Crippen MR) is 86.9 cm³/mol. The van der Waals surface area contributed by atoms with Gasteiger partial charge in [0.1, 0.15) is 5.82 Å². The van der Waals surface area contributed by atoms with Gasteiger partial charge in [-0.05, 0) is 19.1 Å². The molecule has 0 unspecified atom stereocenters. The largest absolute Gasteiger partial charge is 0.379 e. The number of nitrogens with zero attached hydrogens (tertiary/aromatic N) is 5. The second kappa shape index (κ2) is 5.53. The minimum absolute atomic E-state index is 0.668. The highest BCUT2D eigenvalue weighted by molar-refractivity contribution is 5.62. The Morgan fingerprint density at radius 1 is 1.26 bits per heavy atom. The molecule has 3 aromatic heterocycles. The van der Waals surface area contributed by atoms with Crippen LogP contribution in [0.5, 0.6) is 0 Å². The smallest absolute Gasteiger partial charge is 0.181 e. The molecular weight excluding hydrogens is 290 g/mol. The maximum atomic E-state index is 4.36. The van der Waals surface area contributed by atoms with Gasteiger partial charge in [-0.3, -0.25) is 14.5 Å². The van der Waals surface area contributed by atoms with E-state index in [0.29, 0.717) is 12.4 Å². The molecule has 3 heterocycles. The summed E-state index contributed by atoms with van der Waals surface area (Å²) in [4.78, 5) is 12.8. The van der Waals surface area contributed by atoms with E-state index in [1.807, 2.05) is 48.0 Å². The molecule has 0 saturated heterocycles. The SMILES string of the molecule is Cc1nc(-c2cccc(NCc3cnc4cnccn34)c2)n[nH]1. The van der Waals surface area contributed by atoms with Crippen molar-refractivity contribution in [3.05, 3.63) is 60.6 Å². The Morgan fingerprint density at radius 3 is 3.09 bits per heavy atom. The van der Waals surface area contributed by atoms with Gasteiger partial charge >= 0.3 is 0 Å². The van der Waals surface area contributed by atoms with Crippen molar-refractivity contribution in [1.82, 2.24) is 29.5 Å². The first-order valence-corrected chi connectivity index (χ1v) is 7.29. The minimum Gasteiger partial charge on any atom is -0.379 e. The van der Waals surface area contributed by atoms with Gasteiger partial charge in [0.2, 0.25) is 0 Å². The summed E-state index contributed by atoms with van der Waals surface area (Å²) in [6.45, 7) is 2.56. The Morgan fingerprint density at radius 2 is 2.22 bits per heavy atom. The van der Waals surface area contributed by atoms with Crippen LogP contribution in [-0.4, -0.2) is 29.5 Å². The molecule has 4 aromatic rings.